The van der Waals surface area contributed by atoms with E-state index in [4.69, 9.17) is 14.5 Å². The van der Waals surface area contributed by atoms with Gasteiger partial charge in [0.2, 0.25) is 0 Å². The van der Waals surface area contributed by atoms with Crippen LogP contribution in [0.3, 0.4) is 0 Å². The number of para-hydroxylation sites is 2. The van der Waals surface area contributed by atoms with Gasteiger partial charge >= 0.3 is 11.9 Å². The van der Waals surface area contributed by atoms with E-state index in [-0.39, 0.29) is 0 Å². The molecular weight excluding hydrogens is 322 g/mol. The Balaban J connectivity index is 2.18. The van der Waals surface area contributed by atoms with Crippen LogP contribution < -0.4 is 4.90 Å². The van der Waals surface area contributed by atoms with Gasteiger partial charge in [0, 0.05) is 13.1 Å². The highest BCUT2D eigenvalue weighted by molar-refractivity contribution is 6.01. The number of carbonyl (C=O) groups excluding carboxylic acids is 2. The fourth-order valence-electron chi connectivity index (χ4n) is 3.09. The van der Waals surface area contributed by atoms with Crippen molar-refractivity contribution >= 4 is 28.8 Å². The molecule has 132 valence electrons. The molecule has 1 aromatic carbocycles. The van der Waals surface area contributed by atoms with Gasteiger partial charge in [0.1, 0.15) is 5.69 Å². The molecule has 1 saturated heterocycles. The van der Waals surface area contributed by atoms with Crippen molar-refractivity contribution < 1.29 is 19.1 Å². The Bertz CT molecular complexity index is 771. The molecule has 1 aromatic heterocycles. The number of methoxy groups -OCH3 is 2. The van der Waals surface area contributed by atoms with Crippen LogP contribution in [0.25, 0.3) is 11.0 Å². The SMILES string of the molecule is COC(=O)C(C(=O)OC)c1nc2ccccc2nc1N1CCCCC1. The minimum absolute atomic E-state index is 0.291. The van der Waals surface area contributed by atoms with Crippen molar-refractivity contribution in [2.75, 3.05) is 32.2 Å². The van der Waals surface area contributed by atoms with Gasteiger partial charge in [-0.05, 0) is 31.4 Å². The second kappa shape index (κ2) is 7.46. The second-order valence-electron chi connectivity index (χ2n) is 5.95. The number of esters is 2. The van der Waals surface area contributed by atoms with E-state index in [1.54, 1.807) is 6.07 Å². The second-order valence-corrected chi connectivity index (χ2v) is 5.95. The van der Waals surface area contributed by atoms with Crippen molar-refractivity contribution in [2.45, 2.75) is 25.2 Å². The van der Waals surface area contributed by atoms with E-state index in [1.165, 1.54) is 14.2 Å². The molecule has 0 radical (unpaired) electrons. The summed E-state index contributed by atoms with van der Waals surface area (Å²) in [4.78, 5) is 35.9. The third-order valence-corrected chi connectivity index (χ3v) is 4.38. The van der Waals surface area contributed by atoms with Gasteiger partial charge in [-0.1, -0.05) is 12.1 Å². The van der Waals surface area contributed by atoms with Crippen LogP contribution in [0, 0.1) is 0 Å². The van der Waals surface area contributed by atoms with Crippen molar-refractivity contribution in [1.29, 1.82) is 0 Å². The highest BCUT2D eigenvalue weighted by Crippen LogP contribution is 2.30. The van der Waals surface area contributed by atoms with E-state index < -0.39 is 17.9 Å². The molecule has 1 aliphatic heterocycles. The topological polar surface area (TPSA) is 81.6 Å². The molecule has 0 bridgehead atoms. The van der Waals surface area contributed by atoms with Crippen LogP contribution in [-0.2, 0) is 19.1 Å². The van der Waals surface area contributed by atoms with Crippen LogP contribution in [0.1, 0.15) is 30.9 Å². The highest BCUT2D eigenvalue weighted by Gasteiger charge is 2.36. The van der Waals surface area contributed by atoms with Gasteiger partial charge < -0.3 is 14.4 Å². The molecule has 2 heterocycles. The lowest BCUT2D eigenvalue weighted by Crippen LogP contribution is -2.34. The van der Waals surface area contributed by atoms with Crippen molar-refractivity contribution in [2.24, 2.45) is 0 Å². The van der Waals surface area contributed by atoms with Gasteiger partial charge in [0.05, 0.1) is 25.3 Å². The smallest absolute Gasteiger partial charge is 0.326 e. The number of carbonyl (C=O) groups is 2. The van der Waals surface area contributed by atoms with E-state index in [0.717, 1.165) is 37.9 Å². The molecule has 0 amide bonds. The lowest BCUT2D eigenvalue weighted by atomic mass is 10.0. The Morgan fingerprint density at radius 1 is 0.960 bits per heavy atom. The number of rotatable bonds is 4. The maximum atomic E-state index is 12.3. The minimum Gasteiger partial charge on any atom is -0.468 e. The van der Waals surface area contributed by atoms with Crippen LogP contribution in [0.4, 0.5) is 5.82 Å². The van der Waals surface area contributed by atoms with Gasteiger partial charge in [0.25, 0.3) is 0 Å². The fraction of sp³-hybridized carbons (Fsp3) is 0.444. The molecule has 0 saturated carbocycles. The average Bonchev–Trinajstić information content (AvgIpc) is 2.67. The van der Waals surface area contributed by atoms with Gasteiger partial charge in [0.15, 0.2) is 11.7 Å². The zero-order chi connectivity index (χ0) is 17.8. The fourth-order valence-corrected chi connectivity index (χ4v) is 3.09. The summed E-state index contributed by atoms with van der Waals surface area (Å²) < 4.78 is 9.64. The predicted octanol–water partition coefficient (Wildman–Crippen LogP) is 2.05. The molecule has 0 unspecified atom stereocenters. The first-order chi connectivity index (χ1) is 12.2. The van der Waals surface area contributed by atoms with Crippen LogP contribution in [0.5, 0.6) is 0 Å². The minimum atomic E-state index is -1.25. The quantitative estimate of drug-likeness (QED) is 0.621. The molecule has 0 spiro atoms. The summed E-state index contributed by atoms with van der Waals surface area (Å²) in [6.45, 7) is 1.63. The largest absolute Gasteiger partial charge is 0.468 e. The maximum Gasteiger partial charge on any atom is 0.326 e. The molecule has 0 atom stereocenters. The monoisotopic (exact) mass is 343 g/mol. The summed E-state index contributed by atoms with van der Waals surface area (Å²) >= 11 is 0. The molecule has 7 heteroatoms. The van der Waals surface area contributed by atoms with E-state index in [2.05, 4.69) is 9.88 Å². The molecule has 1 aliphatic rings. The molecular formula is C18H21N3O4. The van der Waals surface area contributed by atoms with Gasteiger partial charge in [-0.2, -0.15) is 0 Å². The predicted molar refractivity (Wildman–Crippen MR) is 92.4 cm³/mol. The Hall–Kier alpha value is -2.70. The van der Waals surface area contributed by atoms with E-state index in [9.17, 15) is 9.59 Å². The summed E-state index contributed by atoms with van der Waals surface area (Å²) in [5, 5.41) is 0. The van der Waals surface area contributed by atoms with E-state index >= 15 is 0 Å². The number of hydrogen-bond donors (Lipinski definition) is 0. The summed E-state index contributed by atoms with van der Waals surface area (Å²) in [7, 11) is 2.49. The van der Waals surface area contributed by atoms with Gasteiger partial charge in [-0.25, -0.2) is 9.97 Å². The van der Waals surface area contributed by atoms with Gasteiger partial charge in [-0.3, -0.25) is 9.59 Å². The van der Waals surface area contributed by atoms with Crippen LogP contribution >= 0.6 is 0 Å². The normalized spacial score (nSPS) is 14.6. The zero-order valence-electron chi connectivity index (χ0n) is 14.4. The highest BCUT2D eigenvalue weighted by atomic mass is 16.5. The van der Waals surface area contributed by atoms with Crippen molar-refractivity contribution in [3.05, 3.63) is 30.0 Å². The first-order valence-electron chi connectivity index (χ1n) is 8.33. The molecule has 0 N–H and O–H groups in total. The van der Waals surface area contributed by atoms with Crippen molar-refractivity contribution in [3.8, 4) is 0 Å². The summed E-state index contributed by atoms with van der Waals surface area (Å²) in [5.41, 5.74) is 1.63. The molecule has 25 heavy (non-hydrogen) atoms. The van der Waals surface area contributed by atoms with E-state index in [0.29, 0.717) is 17.0 Å². The summed E-state index contributed by atoms with van der Waals surface area (Å²) in [6, 6.07) is 7.39. The Labute approximate surface area is 146 Å². The van der Waals surface area contributed by atoms with Crippen LogP contribution in [0.2, 0.25) is 0 Å². The Morgan fingerprint density at radius 3 is 2.08 bits per heavy atom. The number of hydrogen-bond acceptors (Lipinski definition) is 7. The van der Waals surface area contributed by atoms with Crippen LogP contribution in [0.15, 0.2) is 24.3 Å². The van der Waals surface area contributed by atoms with Crippen LogP contribution in [-0.4, -0.2) is 49.2 Å². The zero-order valence-corrected chi connectivity index (χ0v) is 14.4. The number of benzene rings is 1. The maximum absolute atomic E-state index is 12.3. The number of piperidine rings is 1. The standard InChI is InChI=1S/C18H21N3O4/c1-24-17(22)14(18(23)25-2)15-16(21-10-6-3-7-11-21)20-13-9-5-4-8-12(13)19-15/h4-5,8-9,14H,3,6-7,10-11H2,1-2H3. The lowest BCUT2D eigenvalue weighted by Gasteiger charge is -2.30. The summed E-state index contributed by atoms with van der Waals surface area (Å²) in [6.07, 6.45) is 3.23. The van der Waals surface area contributed by atoms with Crippen molar-refractivity contribution in [1.82, 2.24) is 9.97 Å². The molecule has 3 rings (SSSR count). The Kier molecular flexibility index (Phi) is 5.11. The number of fused-ring (bicyclic) bond motifs is 1. The molecule has 7 nitrogen and oxygen atoms in total. The molecule has 2 aromatic rings. The number of nitrogens with zero attached hydrogens (tertiary/aromatic N) is 3. The molecule has 1 fully saturated rings. The van der Waals surface area contributed by atoms with E-state index in [1.807, 2.05) is 18.2 Å². The number of aromatic nitrogens is 2. The Morgan fingerprint density at radius 2 is 1.52 bits per heavy atom. The lowest BCUT2D eigenvalue weighted by molar-refractivity contribution is -0.154. The summed E-state index contributed by atoms with van der Waals surface area (Å²) in [5.74, 6) is -2.09. The van der Waals surface area contributed by atoms with Gasteiger partial charge in [-0.15, -0.1) is 0 Å². The van der Waals surface area contributed by atoms with Crippen molar-refractivity contribution in [3.63, 3.8) is 0 Å². The molecule has 0 aliphatic carbocycles. The first kappa shape index (κ1) is 17.1. The third kappa shape index (κ3) is 3.40. The third-order valence-electron chi connectivity index (χ3n) is 4.38. The number of ether oxygens (including phenoxy) is 2. The average molecular weight is 343 g/mol. The number of anilines is 1. The first-order valence-corrected chi connectivity index (χ1v) is 8.33.